The Labute approximate surface area is 146 Å². The number of carboxylic acids is 3. The average molecular weight is 364 g/mol. The van der Waals surface area contributed by atoms with Gasteiger partial charge in [0.15, 0.2) is 0 Å². The van der Waals surface area contributed by atoms with Crippen molar-refractivity contribution in [1.82, 2.24) is 0 Å². The summed E-state index contributed by atoms with van der Waals surface area (Å²) >= 11 is 0. The molecule has 0 unspecified atom stereocenters. The number of aliphatic hydroxyl groups is 3. The van der Waals surface area contributed by atoms with Gasteiger partial charge < -0.3 is 30.6 Å². The molecule has 0 aromatic heterocycles. The van der Waals surface area contributed by atoms with Crippen molar-refractivity contribution in [2.24, 2.45) is 5.92 Å². The lowest BCUT2D eigenvalue weighted by Crippen LogP contribution is -2.33. The normalized spacial score (nSPS) is 9.00. The topological polar surface area (TPSA) is 173 Å². The van der Waals surface area contributed by atoms with Crippen molar-refractivity contribution in [3.05, 3.63) is 36.5 Å². The zero-order valence-corrected chi connectivity index (χ0v) is 15.1. The van der Waals surface area contributed by atoms with Crippen LogP contribution < -0.4 is 0 Å². The van der Waals surface area contributed by atoms with E-state index in [2.05, 4.69) is 19.7 Å². The summed E-state index contributed by atoms with van der Waals surface area (Å²) in [7, 11) is 0. The molecule has 9 nitrogen and oxygen atoms in total. The lowest BCUT2D eigenvalue weighted by atomic mass is 10.2. The molecule has 0 amide bonds. The van der Waals surface area contributed by atoms with Gasteiger partial charge >= 0.3 is 17.9 Å². The third-order valence-electron chi connectivity index (χ3n) is 1.87. The first kappa shape index (κ1) is 30.4. The predicted octanol–water partition coefficient (Wildman–Crippen LogP) is 1.21. The van der Waals surface area contributed by atoms with Gasteiger partial charge in [-0.05, 0) is 20.8 Å². The van der Waals surface area contributed by atoms with Crippen LogP contribution in [-0.4, -0.2) is 54.5 Å². The fourth-order valence-corrected chi connectivity index (χ4v) is 0. The first-order valence-electron chi connectivity index (χ1n) is 6.71. The van der Waals surface area contributed by atoms with Crippen LogP contribution >= 0.6 is 0 Å². The smallest absolute Gasteiger partial charge is 0.330 e. The largest absolute Gasteiger partial charge is 0.478 e. The Morgan fingerprint density at radius 3 is 0.760 bits per heavy atom. The van der Waals surface area contributed by atoms with E-state index in [1.165, 1.54) is 34.6 Å². The molecule has 6 N–H and O–H groups in total. The maximum absolute atomic E-state index is 9.60. The van der Waals surface area contributed by atoms with Crippen molar-refractivity contribution in [2.75, 3.05) is 0 Å². The third kappa shape index (κ3) is 34.0. The highest BCUT2D eigenvalue weighted by atomic mass is 16.7. The van der Waals surface area contributed by atoms with E-state index in [0.29, 0.717) is 0 Å². The van der Waals surface area contributed by atoms with Crippen LogP contribution in [0.15, 0.2) is 36.5 Å². The zero-order chi connectivity index (χ0) is 21.5. The van der Waals surface area contributed by atoms with Gasteiger partial charge in [-0.3, -0.25) is 0 Å². The molecular formula is C16H28O9. The minimum absolute atomic E-state index is 0.176. The minimum atomic E-state index is -2.50. The number of carbonyl (C=O) groups is 3. The molecule has 0 spiro atoms. The molecule has 0 fully saturated rings. The number of hydrogen-bond donors (Lipinski definition) is 6. The van der Waals surface area contributed by atoms with Gasteiger partial charge in [-0.2, -0.15) is 0 Å². The molecule has 25 heavy (non-hydrogen) atoms. The summed E-state index contributed by atoms with van der Waals surface area (Å²) in [6, 6.07) is 0. The summed E-state index contributed by atoms with van der Waals surface area (Å²) < 4.78 is 0. The van der Waals surface area contributed by atoms with Crippen LogP contribution in [0.4, 0.5) is 0 Å². The summed E-state index contributed by atoms with van der Waals surface area (Å²) in [6.45, 7) is 16.8. The van der Waals surface area contributed by atoms with Gasteiger partial charge in [0.05, 0.1) is 0 Å². The predicted molar refractivity (Wildman–Crippen MR) is 91.6 cm³/mol. The minimum Gasteiger partial charge on any atom is -0.478 e. The highest BCUT2D eigenvalue weighted by Crippen LogP contribution is 2.06. The van der Waals surface area contributed by atoms with Crippen molar-refractivity contribution >= 4 is 17.9 Å². The average Bonchev–Trinajstić information content (AvgIpc) is 2.39. The highest BCUT2D eigenvalue weighted by Gasteiger charge is 2.22. The second-order valence-corrected chi connectivity index (χ2v) is 5.10. The van der Waals surface area contributed by atoms with Crippen LogP contribution in [0.25, 0.3) is 0 Å². The Bertz CT molecular complexity index is 389. The Morgan fingerprint density at radius 2 is 0.760 bits per heavy atom. The number of hydrogen-bond acceptors (Lipinski definition) is 6. The van der Waals surface area contributed by atoms with Gasteiger partial charge in [0.2, 0.25) is 0 Å². The van der Waals surface area contributed by atoms with Crippen LogP contribution in [0.1, 0.15) is 34.6 Å². The molecule has 0 rings (SSSR count). The molecule has 0 radical (unpaired) electrons. The molecule has 0 atom stereocenters. The fourth-order valence-electron chi connectivity index (χ4n) is 0. The molecule has 0 aromatic carbocycles. The Morgan fingerprint density at radius 1 is 0.680 bits per heavy atom. The van der Waals surface area contributed by atoms with E-state index >= 15 is 0 Å². The SMILES string of the molecule is C=C(C)C(=O)O.C=C(C)C(=O)O.C=C(C)C(=O)O.CC(C)C(O)(O)O. The quantitative estimate of drug-likeness (QED) is 0.316. The first-order valence-corrected chi connectivity index (χ1v) is 6.71. The van der Waals surface area contributed by atoms with E-state index in [9.17, 15) is 14.4 Å². The number of aliphatic carboxylic acids is 3. The van der Waals surface area contributed by atoms with Gasteiger partial charge in [0.1, 0.15) is 0 Å². The Hall–Kier alpha value is -2.49. The highest BCUT2D eigenvalue weighted by molar-refractivity contribution is 5.85. The fraction of sp³-hybridized carbons (Fsp3) is 0.438. The van der Waals surface area contributed by atoms with Crippen LogP contribution in [-0.2, 0) is 14.4 Å². The summed E-state index contributed by atoms with van der Waals surface area (Å²) in [4.78, 5) is 28.8. The van der Waals surface area contributed by atoms with Gasteiger partial charge in [-0.1, -0.05) is 33.6 Å². The molecule has 0 aliphatic carbocycles. The van der Waals surface area contributed by atoms with Crippen molar-refractivity contribution in [3.63, 3.8) is 0 Å². The maximum Gasteiger partial charge on any atom is 0.330 e. The summed E-state index contributed by atoms with van der Waals surface area (Å²) in [5, 5.41) is 48.3. The number of rotatable bonds is 4. The zero-order valence-electron chi connectivity index (χ0n) is 15.1. The second kappa shape index (κ2) is 15.1. The molecule has 9 heteroatoms. The molecule has 0 aliphatic rings. The van der Waals surface area contributed by atoms with Crippen LogP contribution in [0, 0.1) is 5.92 Å². The van der Waals surface area contributed by atoms with Gasteiger partial charge in [0.25, 0.3) is 5.97 Å². The molecule has 0 bridgehead atoms. The molecule has 146 valence electrons. The first-order chi connectivity index (χ1) is 10.9. The second-order valence-electron chi connectivity index (χ2n) is 5.10. The van der Waals surface area contributed by atoms with Crippen molar-refractivity contribution < 1.29 is 45.0 Å². The molecule has 0 aliphatic heterocycles. The van der Waals surface area contributed by atoms with E-state index < -0.39 is 29.8 Å². The van der Waals surface area contributed by atoms with Gasteiger partial charge in [-0.25, -0.2) is 14.4 Å². The molecular weight excluding hydrogens is 336 g/mol. The van der Waals surface area contributed by atoms with E-state index in [1.807, 2.05) is 0 Å². The monoisotopic (exact) mass is 364 g/mol. The van der Waals surface area contributed by atoms with Gasteiger partial charge in [0, 0.05) is 22.6 Å². The molecule has 0 aromatic rings. The summed E-state index contributed by atoms with van der Waals surface area (Å²) in [5.41, 5.74) is 0.528. The van der Waals surface area contributed by atoms with Gasteiger partial charge in [-0.15, -0.1) is 0 Å². The Balaban J connectivity index is -0.000000118. The molecule has 0 saturated heterocycles. The maximum atomic E-state index is 9.60. The van der Waals surface area contributed by atoms with E-state index in [4.69, 9.17) is 30.6 Å². The van der Waals surface area contributed by atoms with Crippen molar-refractivity contribution in [3.8, 4) is 0 Å². The Kier molecular flexibility index (Phi) is 18.3. The van der Waals surface area contributed by atoms with E-state index in [-0.39, 0.29) is 16.7 Å². The lowest BCUT2D eigenvalue weighted by molar-refractivity contribution is -0.335. The van der Waals surface area contributed by atoms with Crippen LogP contribution in [0.3, 0.4) is 0 Å². The summed E-state index contributed by atoms with van der Waals surface area (Å²) in [6.07, 6.45) is 0. The van der Waals surface area contributed by atoms with E-state index in [0.717, 1.165) is 0 Å². The molecule has 0 heterocycles. The molecule has 0 saturated carbocycles. The standard InChI is InChI=1S/C4H10O3.3C4H6O2/c1-3(2)4(5,6)7;3*1-3(2)4(5)6/h3,5-7H,1-2H3;3*1H2,2H3,(H,5,6). The summed E-state index contributed by atoms with van der Waals surface area (Å²) in [5.74, 6) is -5.84. The van der Waals surface area contributed by atoms with E-state index in [1.54, 1.807) is 0 Å². The van der Waals surface area contributed by atoms with Crippen molar-refractivity contribution in [2.45, 2.75) is 40.6 Å². The van der Waals surface area contributed by atoms with Crippen LogP contribution in [0.2, 0.25) is 0 Å². The number of carboxylic acid groups (broad SMARTS) is 3. The lowest BCUT2D eigenvalue weighted by Gasteiger charge is -2.16. The third-order valence-corrected chi connectivity index (χ3v) is 1.87. The van der Waals surface area contributed by atoms with Crippen molar-refractivity contribution in [1.29, 1.82) is 0 Å². The van der Waals surface area contributed by atoms with Crippen LogP contribution in [0.5, 0.6) is 0 Å².